The number of hydrogen-bond donors (Lipinski definition) is 0. The second-order valence-electron chi connectivity index (χ2n) is 6.34. The molecule has 2 aromatic carbocycles. The van der Waals surface area contributed by atoms with E-state index >= 15 is 0 Å². The summed E-state index contributed by atoms with van der Waals surface area (Å²) in [6, 6.07) is 10.4. The van der Waals surface area contributed by atoms with Crippen LogP contribution in [0.3, 0.4) is 0 Å². The predicted molar refractivity (Wildman–Crippen MR) is 106 cm³/mol. The van der Waals surface area contributed by atoms with Gasteiger partial charge < -0.3 is 9.64 Å². The van der Waals surface area contributed by atoms with E-state index in [2.05, 4.69) is 9.89 Å². The van der Waals surface area contributed by atoms with Crippen molar-refractivity contribution in [3.05, 3.63) is 57.6 Å². The van der Waals surface area contributed by atoms with Gasteiger partial charge in [-0.2, -0.15) is 0 Å². The number of halogens is 2. The quantitative estimate of drug-likeness (QED) is 0.648. The molecule has 0 spiro atoms. The lowest BCUT2D eigenvalue weighted by molar-refractivity contribution is 0.0921. The van der Waals surface area contributed by atoms with Crippen molar-refractivity contribution in [3.63, 3.8) is 0 Å². The molecule has 0 atom stereocenters. The van der Waals surface area contributed by atoms with Crippen LogP contribution in [0.25, 0.3) is 0 Å². The Bertz CT molecular complexity index is 848. The zero-order valence-corrected chi connectivity index (χ0v) is 16.3. The van der Waals surface area contributed by atoms with Crippen molar-refractivity contribution >= 4 is 40.5 Å². The van der Waals surface area contributed by atoms with Gasteiger partial charge in [0.15, 0.2) is 6.61 Å². The van der Waals surface area contributed by atoms with Crippen molar-refractivity contribution < 1.29 is 9.53 Å². The van der Waals surface area contributed by atoms with Crippen LogP contribution in [-0.4, -0.2) is 36.7 Å². The molecule has 0 N–H and O–H groups in total. The van der Waals surface area contributed by atoms with Crippen molar-refractivity contribution in [2.24, 2.45) is 4.99 Å². The number of benzene rings is 2. The molecule has 1 heterocycles. The second-order valence-corrected chi connectivity index (χ2v) is 7.18. The standard InChI is InChI=1S/C20H20Cl2N2O2/c1-13-10-18(23-20-4-3-9-24(20)2)17(22)11-16(13)19(25)12-26-15-7-5-14(21)6-8-15/h5-8,10-11H,3-4,9,12H2,1-2H3. The van der Waals surface area contributed by atoms with Crippen LogP contribution in [0.4, 0.5) is 5.69 Å². The lowest BCUT2D eigenvalue weighted by Crippen LogP contribution is -2.18. The van der Waals surface area contributed by atoms with Crippen molar-refractivity contribution in [2.45, 2.75) is 19.8 Å². The normalized spacial score (nSPS) is 15.5. The van der Waals surface area contributed by atoms with Crippen molar-refractivity contribution in [3.8, 4) is 5.75 Å². The molecule has 6 heteroatoms. The molecule has 0 aromatic heterocycles. The Balaban J connectivity index is 1.74. The number of Topliss-reactive ketones (excluding diaryl/α,β-unsaturated/α-hetero) is 1. The number of aliphatic imine (C=N–C) groups is 1. The molecule has 0 unspecified atom stereocenters. The zero-order valence-electron chi connectivity index (χ0n) is 14.8. The average Bonchev–Trinajstić information content (AvgIpc) is 3.02. The number of aryl methyl sites for hydroxylation is 1. The van der Waals surface area contributed by atoms with Gasteiger partial charge in [0.05, 0.1) is 10.7 Å². The maximum atomic E-state index is 12.5. The summed E-state index contributed by atoms with van der Waals surface area (Å²) >= 11 is 12.2. The Morgan fingerprint density at radius 2 is 1.96 bits per heavy atom. The molecular formula is C20H20Cl2N2O2. The molecule has 3 rings (SSSR count). The fraction of sp³-hybridized carbons (Fsp3) is 0.300. The Kier molecular flexibility index (Phi) is 5.84. The Morgan fingerprint density at radius 3 is 2.62 bits per heavy atom. The number of rotatable bonds is 5. The van der Waals surface area contributed by atoms with Gasteiger partial charge in [0, 0.05) is 30.6 Å². The van der Waals surface area contributed by atoms with Crippen LogP contribution in [-0.2, 0) is 0 Å². The lowest BCUT2D eigenvalue weighted by atomic mass is 10.0. The summed E-state index contributed by atoms with van der Waals surface area (Å²) in [6.07, 6.45) is 2.05. The fourth-order valence-corrected chi connectivity index (χ4v) is 3.22. The van der Waals surface area contributed by atoms with Crippen LogP contribution in [0.2, 0.25) is 10.0 Å². The SMILES string of the molecule is Cc1cc(N=C2CCCN2C)c(Cl)cc1C(=O)COc1ccc(Cl)cc1. The molecule has 1 fully saturated rings. The summed E-state index contributed by atoms with van der Waals surface area (Å²) < 4.78 is 5.54. The number of hydrogen-bond acceptors (Lipinski definition) is 3. The number of ether oxygens (including phenoxy) is 1. The summed E-state index contributed by atoms with van der Waals surface area (Å²) in [5.41, 5.74) is 2.08. The van der Waals surface area contributed by atoms with Gasteiger partial charge in [0.1, 0.15) is 11.6 Å². The molecule has 1 aliphatic rings. The highest BCUT2D eigenvalue weighted by atomic mass is 35.5. The van der Waals surface area contributed by atoms with Crippen LogP contribution >= 0.6 is 23.2 Å². The molecular weight excluding hydrogens is 371 g/mol. The van der Waals surface area contributed by atoms with E-state index in [1.54, 1.807) is 30.3 Å². The molecule has 136 valence electrons. The first-order chi connectivity index (χ1) is 12.4. The van der Waals surface area contributed by atoms with Gasteiger partial charge in [-0.25, -0.2) is 4.99 Å². The second kappa shape index (κ2) is 8.11. The lowest BCUT2D eigenvalue weighted by Gasteiger charge is -2.13. The molecule has 4 nitrogen and oxygen atoms in total. The molecule has 26 heavy (non-hydrogen) atoms. The van der Waals surface area contributed by atoms with Gasteiger partial charge in [-0.05, 0) is 55.3 Å². The number of nitrogens with zero attached hydrogens (tertiary/aromatic N) is 2. The van der Waals surface area contributed by atoms with Gasteiger partial charge in [-0.15, -0.1) is 0 Å². The number of carbonyl (C=O) groups excluding carboxylic acids is 1. The number of ketones is 1. The maximum absolute atomic E-state index is 12.5. The summed E-state index contributed by atoms with van der Waals surface area (Å²) in [4.78, 5) is 19.3. The maximum Gasteiger partial charge on any atom is 0.200 e. The summed E-state index contributed by atoms with van der Waals surface area (Å²) in [7, 11) is 2.03. The molecule has 1 aliphatic heterocycles. The number of likely N-dealkylation sites (tertiary alicyclic amines) is 1. The van der Waals surface area contributed by atoms with Crippen LogP contribution in [0.1, 0.15) is 28.8 Å². The van der Waals surface area contributed by atoms with E-state index in [4.69, 9.17) is 27.9 Å². The van der Waals surface area contributed by atoms with Crippen LogP contribution in [0.15, 0.2) is 41.4 Å². The summed E-state index contributed by atoms with van der Waals surface area (Å²) in [5, 5.41) is 1.09. The molecule has 1 saturated heterocycles. The third kappa shape index (κ3) is 4.37. The van der Waals surface area contributed by atoms with Crippen LogP contribution < -0.4 is 4.74 Å². The van der Waals surface area contributed by atoms with Gasteiger partial charge in [-0.3, -0.25) is 4.79 Å². The summed E-state index contributed by atoms with van der Waals surface area (Å²) in [6.45, 7) is 2.83. The van der Waals surface area contributed by atoms with E-state index < -0.39 is 0 Å². The predicted octanol–water partition coefficient (Wildman–Crippen LogP) is 5.32. The minimum Gasteiger partial charge on any atom is -0.485 e. The Labute approximate surface area is 163 Å². The van der Waals surface area contributed by atoms with Crippen molar-refractivity contribution in [1.82, 2.24) is 4.90 Å². The molecule has 0 aliphatic carbocycles. The van der Waals surface area contributed by atoms with Gasteiger partial charge in [0.2, 0.25) is 5.78 Å². The largest absolute Gasteiger partial charge is 0.485 e. The third-order valence-corrected chi connectivity index (χ3v) is 4.92. The molecule has 0 bridgehead atoms. The first-order valence-electron chi connectivity index (χ1n) is 8.44. The monoisotopic (exact) mass is 390 g/mol. The smallest absolute Gasteiger partial charge is 0.200 e. The topological polar surface area (TPSA) is 41.9 Å². The number of amidine groups is 1. The molecule has 0 radical (unpaired) electrons. The third-order valence-electron chi connectivity index (χ3n) is 4.36. The zero-order chi connectivity index (χ0) is 18.7. The molecule has 0 amide bonds. The Morgan fingerprint density at radius 1 is 1.23 bits per heavy atom. The van der Waals surface area contributed by atoms with Gasteiger partial charge in [-0.1, -0.05) is 23.2 Å². The minimum absolute atomic E-state index is 0.0601. The first-order valence-corrected chi connectivity index (χ1v) is 9.20. The van der Waals surface area contributed by atoms with E-state index in [0.29, 0.717) is 27.0 Å². The highest BCUT2D eigenvalue weighted by molar-refractivity contribution is 6.33. The first kappa shape index (κ1) is 18.7. The van der Waals surface area contributed by atoms with Gasteiger partial charge in [0.25, 0.3) is 0 Å². The number of carbonyl (C=O) groups is 1. The fourth-order valence-electron chi connectivity index (χ4n) is 2.88. The van der Waals surface area contributed by atoms with E-state index in [0.717, 1.165) is 30.8 Å². The van der Waals surface area contributed by atoms with E-state index in [1.165, 1.54) is 0 Å². The van der Waals surface area contributed by atoms with E-state index in [9.17, 15) is 4.79 Å². The minimum atomic E-state index is -0.128. The van der Waals surface area contributed by atoms with Crippen LogP contribution in [0.5, 0.6) is 5.75 Å². The van der Waals surface area contributed by atoms with Crippen molar-refractivity contribution in [1.29, 1.82) is 0 Å². The summed E-state index contributed by atoms with van der Waals surface area (Å²) in [5.74, 6) is 1.49. The van der Waals surface area contributed by atoms with E-state index in [1.807, 2.05) is 20.0 Å². The van der Waals surface area contributed by atoms with E-state index in [-0.39, 0.29) is 12.4 Å². The van der Waals surface area contributed by atoms with Crippen molar-refractivity contribution in [2.75, 3.05) is 20.2 Å². The highest BCUT2D eigenvalue weighted by Crippen LogP contribution is 2.30. The molecule has 0 saturated carbocycles. The van der Waals surface area contributed by atoms with Gasteiger partial charge >= 0.3 is 0 Å². The average molecular weight is 391 g/mol. The molecule has 2 aromatic rings. The Hall–Kier alpha value is -2.04. The highest BCUT2D eigenvalue weighted by Gasteiger charge is 2.17. The van der Waals surface area contributed by atoms with Crippen LogP contribution in [0, 0.1) is 6.92 Å².